The molecule has 60 valence electrons. The van der Waals surface area contributed by atoms with Crippen LogP contribution < -0.4 is 0 Å². The Bertz CT molecular complexity index is 256. The van der Waals surface area contributed by atoms with Crippen LogP contribution in [0.25, 0.3) is 5.57 Å². The van der Waals surface area contributed by atoms with Crippen molar-refractivity contribution in [1.82, 2.24) is 0 Å². The summed E-state index contributed by atoms with van der Waals surface area (Å²) in [6.45, 7) is 6.03. The summed E-state index contributed by atoms with van der Waals surface area (Å²) in [4.78, 5) is 1.26. The Balaban J connectivity index is 2.97. The summed E-state index contributed by atoms with van der Waals surface area (Å²) in [5, 5.41) is 0.847. The van der Waals surface area contributed by atoms with Gasteiger partial charge in [-0.25, -0.2) is 0 Å². The lowest BCUT2D eigenvalue weighted by atomic mass is 10.2. The van der Waals surface area contributed by atoms with Crippen LogP contribution in [0.3, 0.4) is 0 Å². The topological polar surface area (TPSA) is 0 Å². The van der Waals surface area contributed by atoms with Gasteiger partial charge >= 0.3 is 0 Å². The highest BCUT2D eigenvalue weighted by Gasteiger charge is 2.04. The number of halogens is 2. The highest BCUT2D eigenvalue weighted by Crippen LogP contribution is 2.31. The zero-order valence-corrected chi connectivity index (χ0v) is 10.1. The Morgan fingerprint density at radius 1 is 1.73 bits per heavy atom. The van der Waals surface area contributed by atoms with Gasteiger partial charge in [0.25, 0.3) is 0 Å². The largest absolute Gasteiger partial charge is 0.128 e. The fourth-order valence-corrected chi connectivity index (χ4v) is 2.69. The molecule has 3 heteroatoms. The van der Waals surface area contributed by atoms with E-state index in [-0.39, 0.29) is 0 Å². The second kappa shape index (κ2) is 3.87. The number of aryl methyl sites for hydroxylation is 1. The van der Waals surface area contributed by atoms with Crippen molar-refractivity contribution in [3.63, 3.8) is 0 Å². The molecule has 0 atom stereocenters. The minimum absolute atomic E-state index is 0.847. The Morgan fingerprint density at radius 2 is 2.36 bits per heavy atom. The zero-order valence-electron chi connectivity index (χ0n) is 6.16. The van der Waals surface area contributed by atoms with Crippen LogP contribution in [0.4, 0.5) is 0 Å². The molecule has 1 aromatic heterocycles. The molecule has 0 N–H and O–H groups in total. The van der Waals surface area contributed by atoms with Gasteiger partial charge in [0.1, 0.15) is 0 Å². The molecule has 0 aliphatic carbocycles. The van der Waals surface area contributed by atoms with Crippen LogP contribution in [0.2, 0.25) is 0 Å². The molecule has 1 aromatic rings. The van der Waals surface area contributed by atoms with E-state index >= 15 is 0 Å². The van der Waals surface area contributed by atoms with E-state index in [1.807, 2.05) is 0 Å². The van der Waals surface area contributed by atoms with Crippen LogP contribution in [-0.4, -0.2) is 5.33 Å². The molecular formula is C8H8Br2S. The highest BCUT2D eigenvalue weighted by atomic mass is 79.9. The van der Waals surface area contributed by atoms with Gasteiger partial charge in [0.2, 0.25) is 0 Å². The van der Waals surface area contributed by atoms with Crippen molar-refractivity contribution >= 4 is 48.8 Å². The number of allylic oxidation sites excluding steroid dienone is 1. The van der Waals surface area contributed by atoms with Crippen molar-refractivity contribution in [2.24, 2.45) is 0 Å². The van der Waals surface area contributed by atoms with Crippen LogP contribution in [0.5, 0.6) is 0 Å². The highest BCUT2D eigenvalue weighted by molar-refractivity contribution is 9.11. The first-order chi connectivity index (χ1) is 5.15. The van der Waals surface area contributed by atoms with E-state index in [0.29, 0.717) is 0 Å². The molecule has 0 saturated heterocycles. The van der Waals surface area contributed by atoms with Crippen LogP contribution in [0.15, 0.2) is 16.4 Å². The molecule has 11 heavy (non-hydrogen) atoms. The molecule has 1 heterocycles. The number of hydrogen-bond donors (Lipinski definition) is 0. The maximum atomic E-state index is 3.94. The molecule has 0 amide bonds. The van der Waals surface area contributed by atoms with E-state index < -0.39 is 0 Å². The Morgan fingerprint density at radius 3 is 2.73 bits per heavy atom. The van der Waals surface area contributed by atoms with Crippen LogP contribution >= 0.6 is 43.2 Å². The first-order valence-electron chi connectivity index (χ1n) is 3.15. The van der Waals surface area contributed by atoms with Gasteiger partial charge in [-0.05, 0) is 40.1 Å². The number of rotatable bonds is 2. The fraction of sp³-hybridized carbons (Fsp3) is 0.250. The lowest BCUT2D eigenvalue weighted by molar-refractivity contribution is 1.52. The monoisotopic (exact) mass is 294 g/mol. The summed E-state index contributed by atoms with van der Waals surface area (Å²) < 4.78 is 1.20. The molecule has 0 aliphatic rings. The van der Waals surface area contributed by atoms with E-state index in [1.165, 1.54) is 14.2 Å². The predicted molar refractivity (Wildman–Crippen MR) is 59.6 cm³/mol. The maximum Gasteiger partial charge on any atom is 0.0734 e. The minimum atomic E-state index is 0.847. The van der Waals surface area contributed by atoms with Gasteiger partial charge in [0.15, 0.2) is 0 Å². The maximum absolute atomic E-state index is 3.94. The van der Waals surface area contributed by atoms with Crippen molar-refractivity contribution in [2.75, 3.05) is 5.33 Å². The quantitative estimate of drug-likeness (QED) is 0.717. The molecule has 0 unspecified atom stereocenters. The Kier molecular flexibility index (Phi) is 3.34. The van der Waals surface area contributed by atoms with Crippen molar-refractivity contribution in [3.8, 4) is 0 Å². The summed E-state index contributed by atoms with van der Waals surface area (Å²) in [5.74, 6) is 0. The third kappa shape index (κ3) is 2.17. The van der Waals surface area contributed by atoms with Gasteiger partial charge in [0.05, 0.1) is 3.79 Å². The summed E-state index contributed by atoms with van der Waals surface area (Å²) in [6.07, 6.45) is 0. The number of alkyl halides is 1. The molecule has 0 fully saturated rings. The molecule has 0 saturated carbocycles. The average Bonchev–Trinajstić information content (AvgIpc) is 2.31. The molecule has 0 bridgehead atoms. The van der Waals surface area contributed by atoms with Crippen molar-refractivity contribution in [1.29, 1.82) is 0 Å². The van der Waals surface area contributed by atoms with Crippen molar-refractivity contribution in [3.05, 3.63) is 26.9 Å². The van der Waals surface area contributed by atoms with Gasteiger partial charge in [-0.1, -0.05) is 22.5 Å². The van der Waals surface area contributed by atoms with E-state index in [0.717, 1.165) is 10.9 Å². The van der Waals surface area contributed by atoms with Gasteiger partial charge < -0.3 is 0 Å². The summed E-state index contributed by atoms with van der Waals surface area (Å²) >= 11 is 8.59. The fourth-order valence-electron chi connectivity index (χ4n) is 0.700. The van der Waals surface area contributed by atoms with E-state index in [1.54, 1.807) is 11.3 Å². The third-order valence-corrected chi connectivity index (χ3v) is 4.28. The van der Waals surface area contributed by atoms with Crippen molar-refractivity contribution < 1.29 is 0 Å². The van der Waals surface area contributed by atoms with Gasteiger partial charge in [-0.15, -0.1) is 11.3 Å². The second-order valence-corrected chi connectivity index (χ2v) is 5.24. The van der Waals surface area contributed by atoms with Gasteiger partial charge in [-0.3, -0.25) is 0 Å². The lowest BCUT2D eigenvalue weighted by Gasteiger charge is -1.92. The Labute approximate surface area is 87.6 Å². The molecule has 0 nitrogen and oxygen atoms in total. The normalized spacial score (nSPS) is 10.1. The number of hydrogen-bond acceptors (Lipinski definition) is 1. The molecule has 0 spiro atoms. The predicted octanol–water partition coefficient (Wildman–Crippen LogP) is 4.23. The molecule has 0 radical (unpaired) electrons. The van der Waals surface area contributed by atoms with Gasteiger partial charge in [0, 0.05) is 10.2 Å². The van der Waals surface area contributed by atoms with Crippen molar-refractivity contribution in [2.45, 2.75) is 6.92 Å². The molecule has 1 rings (SSSR count). The van der Waals surface area contributed by atoms with E-state index in [2.05, 4.69) is 51.4 Å². The number of thiophene rings is 1. The molecular weight excluding hydrogens is 288 g/mol. The summed E-state index contributed by atoms with van der Waals surface area (Å²) in [5.41, 5.74) is 2.43. The average molecular weight is 296 g/mol. The van der Waals surface area contributed by atoms with E-state index in [4.69, 9.17) is 0 Å². The van der Waals surface area contributed by atoms with E-state index in [9.17, 15) is 0 Å². The van der Waals surface area contributed by atoms with Crippen LogP contribution in [0.1, 0.15) is 10.4 Å². The standard InChI is InChI=1S/C8H8Br2S/c1-5-3-7(6(2)4-9)11-8(5)10/h3H,2,4H2,1H3. The molecule has 0 aromatic carbocycles. The van der Waals surface area contributed by atoms with Crippen LogP contribution in [-0.2, 0) is 0 Å². The first kappa shape index (κ1) is 9.49. The molecule has 0 aliphatic heterocycles. The zero-order chi connectivity index (χ0) is 8.43. The van der Waals surface area contributed by atoms with Gasteiger partial charge in [-0.2, -0.15) is 0 Å². The minimum Gasteiger partial charge on any atom is -0.128 e. The Hall–Kier alpha value is 0.400. The van der Waals surface area contributed by atoms with Crippen LogP contribution in [0, 0.1) is 6.92 Å². The first-order valence-corrected chi connectivity index (χ1v) is 5.88. The lowest BCUT2D eigenvalue weighted by Crippen LogP contribution is -1.75. The smallest absolute Gasteiger partial charge is 0.0734 e. The summed E-state index contributed by atoms with van der Waals surface area (Å²) in [6, 6.07) is 2.15. The summed E-state index contributed by atoms with van der Waals surface area (Å²) in [7, 11) is 0. The second-order valence-electron chi connectivity index (χ2n) is 2.30. The third-order valence-electron chi connectivity index (χ3n) is 1.37. The SMILES string of the molecule is C=C(CBr)c1cc(C)c(Br)s1.